The highest BCUT2D eigenvalue weighted by Crippen LogP contribution is 2.20. The number of pyridine rings is 1. The summed E-state index contributed by atoms with van der Waals surface area (Å²) in [5.41, 5.74) is 0.982. The van der Waals surface area contributed by atoms with Crippen molar-refractivity contribution < 1.29 is 9.18 Å². The molecule has 2 aromatic heterocycles. The van der Waals surface area contributed by atoms with Gasteiger partial charge in [0, 0.05) is 13.2 Å². The Hall–Kier alpha value is -2.80. The lowest BCUT2D eigenvalue weighted by atomic mass is 10.3. The molecule has 24 heavy (non-hydrogen) atoms. The molecular weight excluding hydrogens is 333 g/mol. The Kier molecular flexibility index (Phi) is 4.52. The average molecular weight is 346 g/mol. The number of carbonyl (C=O) groups is 1. The Morgan fingerprint density at radius 3 is 2.88 bits per heavy atom. The fourth-order valence-electron chi connectivity index (χ4n) is 2.15. The highest BCUT2D eigenvalue weighted by molar-refractivity contribution is 6.30. The second kappa shape index (κ2) is 6.76. The van der Waals surface area contributed by atoms with Gasteiger partial charge in [-0.25, -0.2) is 9.07 Å². The monoisotopic (exact) mass is 345 g/mol. The predicted octanol–water partition coefficient (Wildman–Crippen LogP) is 2.73. The van der Waals surface area contributed by atoms with Gasteiger partial charge in [-0.1, -0.05) is 28.9 Å². The van der Waals surface area contributed by atoms with E-state index in [9.17, 15) is 9.18 Å². The Labute approximate surface area is 142 Å². The van der Waals surface area contributed by atoms with Gasteiger partial charge in [-0.15, -0.1) is 5.10 Å². The van der Waals surface area contributed by atoms with E-state index in [2.05, 4.69) is 15.3 Å². The molecule has 0 aliphatic carbocycles. The number of benzene rings is 1. The molecule has 0 N–H and O–H groups in total. The second-order valence-electron chi connectivity index (χ2n) is 5.10. The first kappa shape index (κ1) is 16.1. The maximum absolute atomic E-state index is 14.0. The normalized spacial score (nSPS) is 10.6. The number of nitrogens with zero attached hydrogens (tertiary/aromatic N) is 5. The number of rotatable bonds is 4. The van der Waals surface area contributed by atoms with E-state index in [4.69, 9.17) is 11.6 Å². The molecule has 3 rings (SSSR count). The van der Waals surface area contributed by atoms with Crippen molar-refractivity contribution in [2.45, 2.75) is 6.54 Å². The lowest BCUT2D eigenvalue weighted by Crippen LogP contribution is -2.26. The first-order valence-electron chi connectivity index (χ1n) is 7.08. The number of hydrogen-bond acceptors (Lipinski definition) is 4. The van der Waals surface area contributed by atoms with E-state index in [0.717, 1.165) is 5.69 Å². The highest BCUT2D eigenvalue weighted by atomic mass is 35.5. The van der Waals surface area contributed by atoms with Crippen LogP contribution in [0.2, 0.25) is 5.02 Å². The number of carbonyl (C=O) groups excluding carboxylic acids is 1. The van der Waals surface area contributed by atoms with Gasteiger partial charge >= 0.3 is 0 Å². The minimum absolute atomic E-state index is 0.0249. The van der Waals surface area contributed by atoms with Crippen LogP contribution < -0.4 is 0 Å². The van der Waals surface area contributed by atoms with Crippen molar-refractivity contribution in [3.05, 3.63) is 71.0 Å². The van der Waals surface area contributed by atoms with E-state index in [0.29, 0.717) is 6.54 Å². The summed E-state index contributed by atoms with van der Waals surface area (Å²) in [6, 6.07) is 10.0. The SMILES string of the molecule is CN(Cc1ccccn1)C(=O)c1cn(-c2cccc(Cl)c2F)nn1. The maximum atomic E-state index is 14.0. The van der Waals surface area contributed by atoms with E-state index < -0.39 is 5.82 Å². The molecule has 0 saturated carbocycles. The molecule has 0 atom stereocenters. The van der Waals surface area contributed by atoms with Crippen LogP contribution in [0.15, 0.2) is 48.8 Å². The smallest absolute Gasteiger partial charge is 0.276 e. The molecule has 1 aromatic carbocycles. The van der Waals surface area contributed by atoms with E-state index in [1.807, 2.05) is 12.1 Å². The van der Waals surface area contributed by atoms with Gasteiger partial charge < -0.3 is 4.90 Å². The van der Waals surface area contributed by atoms with Crippen LogP contribution in [0.3, 0.4) is 0 Å². The lowest BCUT2D eigenvalue weighted by Gasteiger charge is -2.14. The first-order chi connectivity index (χ1) is 11.6. The Bertz CT molecular complexity index is 868. The Balaban J connectivity index is 1.80. The number of hydrogen-bond donors (Lipinski definition) is 0. The lowest BCUT2D eigenvalue weighted by molar-refractivity contribution is 0.0777. The number of aromatic nitrogens is 4. The van der Waals surface area contributed by atoms with Crippen molar-refractivity contribution in [1.82, 2.24) is 24.9 Å². The molecule has 0 saturated heterocycles. The van der Waals surface area contributed by atoms with Gasteiger partial charge in [-0.2, -0.15) is 0 Å². The Morgan fingerprint density at radius 1 is 1.29 bits per heavy atom. The average Bonchev–Trinajstić information content (AvgIpc) is 3.07. The summed E-state index contributed by atoms with van der Waals surface area (Å²) in [5, 5.41) is 7.60. The van der Waals surface area contributed by atoms with E-state index in [1.165, 1.54) is 27.9 Å². The summed E-state index contributed by atoms with van der Waals surface area (Å²) in [4.78, 5) is 18.0. The van der Waals surface area contributed by atoms with Crippen LogP contribution in [-0.4, -0.2) is 37.8 Å². The number of halogens is 2. The van der Waals surface area contributed by atoms with Crippen molar-refractivity contribution >= 4 is 17.5 Å². The molecule has 0 unspecified atom stereocenters. The van der Waals surface area contributed by atoms with E-state index in [-0.39, 0.29) is 22.3 Å². The van der Waals surface area contributed by atoms with Gasteiger partial charge in [0.2, 0.25) is 0 Å². The van der Waals surface area contributed by atoms with Crippen molar-refractivity contribution in [2.75, 3.05) is 7.05 Å². The first-order valence-corrected chi connectivity index (χ1v) is 7.46. The van der Waals surface area contributed by atoms with Crippen LogP contribution in [-0.2, 0) is 6.54 Å². The van der Waals surface area contributed by atoms with Crippen LogP contribution in [0.25, 0.3) is 5.69 Å². The minimum atomic E-state index is -0.620. The van der Waals surface area contributed by atoms with Crippen molar-refractivity contribution in [3.8, 4) is 5.69 Å². The summed E-state index contributed by atoms with van der Waals surface area (Å²) in [5.74, 6) is -0.959. The molecule has 1 amide bonds. The van der Waals surface area contributed by atoms with Crippen LogP contribution in [0.1, 0.15) is 16.2 Å². The van der Waals surface area contributed by atoms with Gasteiger partial charge in [-0.05, 0) is 24.3 Å². The third-order valence-corrected chi connectivity index (χ3v) is 3.65. The summed E-state index contributed by atoms with van der Waals surface area (Å²) in [6.07, 6.45) is 3.03. The molecule has 6 nitrogen and oxygen atoms in total. The standard InChI is InChI=1S/C16H13ClFN5O/c1-22(9-11-5-2-3-8-19-11)16(24)13-10-23(21-20-13)14-7-4-6-12(17)15(14)18/h2-8,10H,9H2,1H3. The third kappa shape index (κ3) is 3.26. The Morgan fingerprint density at radius 2 is 2.12 bits per heavy atom. The van der Waals surface area contributed by atoms with Crippen LogP contribution in [0.4, 0.5) is 4.39 Å². The van der Waals surface area contributed by atoms with Crippen molar-refractivity contribution in [1.29, 1.82) is 0 Å². The molecule has 0 aliphatic heterocycles. The molecule has 0 spiro atoms. The fourth-order valence-corrected chi connectivity index (χ4v) is 2.32. The molecule has 2 heterocycles. The minimum Gasteiger partial charge on any atom is -0.334 e. The van der Waals surface area contributed by atoms with Crippen LogP contribution in [0, 0.1) is 5.82 Å². The summed E-state index contributed by atoms with van der Waals surface area (Å²) >= 11 is 5.76. The van der Waals surface area contributed by atoms with Crippen LogP contribution >= 0.6 is 11.6 Å². The van der Waals surface area contributed by atoms with Crippen molar-refractivity contribution in [2.24, 2.45) is 0 Å². The van der Waals surface area contributed by atoms with Gasteiger partial charge in [0.1, 0.15) is 5.69 Å². The van der Waals surface area contributed by atoms with Gasteiger partial charge in [0.05, 0.1) is 23.5 Å². The molecule has 0 bridgehead atoms. The second-order valence-corrected chi connectivity index (χ2v) is 5.51. The van der Waals surface area contributed by atoms with Crippen molar-refractivity contribution in [3.63, 3.8) is 0 Å². The summed E-state index contributed by atoms with van der Waals surface area (Å²) in [7, 11) is 1.63. The molecule has 3 aromatic rings. The zero-order valence-electron chi connectivity index (χ0n) is 12.7. The van der Waals surface area contributed by atoms with E-state index in [1.54, 1.807) is 25.4 Å². The molecule has 8 heteroatoms. The zero-order valence-corrected chi connectivity index (χ0v) is 13.5. The third-order valence-electron chi connectivity index (χ3n) is 3.36. The fraction of sp³-hybridized carbons (Fsp3) is 0.125. The summed E-state index contributed by atoms with van der Waals surface area (Å²) < 4.78 is 15.2. The molecule has 0 radical (unpaired) electrons. The topological polar surface area (TPSA) is 63.9 Å². The van der Waals surface area contributed by atoms with Gasteiger partial charge in [0.15, 0.2) is 11.5 Å². The number of amides is 1. The highest BCUT2D eigenvalue weighted by Gasteiger charge is 2.18. The largest absolute Gasteiger partial charge is 0.334 e. The quantitative estimate of drug-likeness (QED) is 0.729. The molecule has 0 fully saturated rings. The molecule has 0 aliphatic rings. The van der Waals surface area contributed by atoms with Crippen LogP contribution in [0.5, 0.6) is 0 Å². The summed E-state index contributed by atoms with van der Waals surface area (Å²) in [6.45, 7) is 0.331. The predicted molar refractivity (Wildman–Crippen MR) is 86.4 cm³/mol. The zero-order chi connectivity index (χ0) is 17.1. The van der Waals surface area contributed by atoms with E-state index >= 15 is 0 Å². The van der Waals surface area contributed by atoms with Gasteiger partial charge in [-0.3, -0.25) is 9.78 Å². The maximum Gasteiger partial charge on any atom is 0.276 e. The molecular formula is C16H13ClFN5O. The molecule has 122 valence electrons. The van der Waals surface area contributed by atoms with Gasteiger partial charge in [0.25, 0.3) is 5.91 Å².